The van der Waals surface area contributed by atoms with Crippen molar-refractivity contribution >= 4 is 23.2 Å². The molecule has 3 nitrogen and oxygen atoms in total. The van der Waals surface area contributed by atoms with Gasteiger partial charge in [-0.25, -0.2) is 0 Å². The van der Waals surface area contributed by atoms with E-state index in [2.05, 4.69) is 11.5 Å². The minimum atomic E-state index is -0.0755. The molecular formula is C15H14Cl2N2O. The van der Waals surface area contributed by atoms with Crippen LogP contribution < -0.4 is 16.0 Å². The molecule has 1 aliphatic heterocycles. The normalized spacial score (nSPS) is 18.4. The average Bonchev–Trinajstić information content (AvgIpc) is 2.88. The molecule has 3 rings (SSSR count). The smallest absolute Gasteiger partial charge is 0.122 e. The van der Waals surface area contributed by atoms with Crippen LogP contribution in [0.25, 0.3) is 0 Å². The molecule has 0 aromatic heterocycles. The summed E-state index contributed by atoms with van der Waals surface area (Å²) in [6.45, 7) is 0.592. The number of hydrazine groups is 1. The molecule has 1 aliphatic rings. The van der Waals surface area contributed by atoms with E-state index in [9.17, 15) is 0 Å². The lowest BCUT2D eigenvalue weighted by atomic mass is 9.89. The van der Waals surface area contributed by atoms with Crippen molar-refractivity contribution in [3.63, 3.8) is 0 Å². The number of nitrogens with two attached hydrogens (primary N) is 1. The van der Waals surface area contributed by atoms with Gasteiger partial charge in [0.1, 0.15) is 5.75 Å². The van der Waals surface area contributed by atoms with Crippen LogP contribution in [-0.4, -0.2) is 6.61 Å². The van der Waals surface area contributed by atoms with Crippen LogP contribution in [0.5, 0.6) is 5.75 Å². The van der Waals surface area contributed by atoms with Crippen molar-refractivity contribution in [2.45, 2.75) is 12.0 Å². The molecule has 2 aromatic rings. The molecule has 1 heterocycles. The monoisotopic (exact) mass is 308 g/mol. The molecule has 5 heteroatoms. The van der Waals surface area contributed by atoms with Crippen molar-refractivity contribution < 1.29 is 4.74 Å². The van der Waals surface area contributed by atoms with Gasteiger partial charge >= 0.3 is 0 Å². The lowest BCUT2D eigenvalue weighted by Crippen LogP contribution is -2.33. The van der Waals surface area contributed by atoms with E-state index in [0.29, 0.717) is 16.7 Å². The Kier molecular flexibility index (Phi) is 3.85. The Bertz CT molecular complexity index is 633. The molecular weight excluding hydrogens is 295 g/mol. The van der Waals surface area contributed by atoms with Gasteiger partial charge in [0, 0.05) is 11.5 Å². The highest BCUT2D eigenvalue weighted by Gasteiger charge is 2.31. The van der Waals surface area contributed by atoms with E-state index in [-0.39, 0.29) is 12.0 Å². The summed E-state index contributed by atoms with van der Waals surface area (Å²) in [6.07, 6.45) is 0. The topological polar surface area (TPSA) is 47.3 Å². The number of ether oxygens (including phenoxy) is 1. The Morgan fingerprint density at radius 3 is 2.70 bits per heavy atom. The van der Waals surface area contributed by atoms with Crippen LogP contribution in [0.15, 0.2) is 42.5 Å². The SMILES string of the molecule is NNC(c1ccc(Cl)c(Cl)c1)C1COc2ccccc21. The van der Waals surface area contributed by atoms with Crippen LogP contribution in [-0.2, 0) is 0 Å². The van der Waals surface area contributed by atoms with E-state index in [4.69, 9.17) is 33.8 Å². The quantitative estimate of drug-likeness (QED) is 0.672. The molecule has 0 spiro atoms. The van der Waals surface area contributed by atoms with Crippen LogP contribution in [0.3, 0.4) is 0 Å². The van der Waals surface area contributed by atoms with Gasteiger partial charge in [0.05, 0.1) is 22.7 Å². The molecule has 0 amide bonds. The van der Waals surface area contributed by atoms with Crippen LogP contribution in [0.4, 0.5) is 0 Å². The summed E-state index contributed by atoms with van der Waals surface area (Å²) >= 11 is 12.1. The lowest BCUT2D eigenvalue weighted by molar-refractivity contribution is 0.300. The number of hydrogen-bond donors (Lipinski definition) is 2. The molecule has 2 unspecified atom stereocenters. The van der Waals surface area contributed by atoms with Gasteiger partial charge in [-0.15, -0.1) is 0 Å². The second kappa shape index (κ2) is 5.62. The van der Waals surface area contributed by atoms with Crippen LogP contribution >= 0.6 is 23.2 Å². The Labute approximate surface area is 127 Å². The van der Waals surface area contributed by atoms with Gasteiger partial charge in [0.15, 0.2) is 0 Å². The number of benzene rings is 2. The summed E-state index contributed by atoms with van der Waals surface area (Å²) in [4.78, 5) is 0. The van der Waals surface area contributed by atoms with Crippen LogP contribution in [0.1, 0.15) is 23.1 Å². The first kappa shape index (κ1) is 13.7. The molecule has 3 N–H and O–H groups in total. The molecule has 0 fully saturated rings. The van der Waals surface area contributed by atoms with Crippen LogP contribution in [0.2, 0.25) is 10.0 Å². The second-order valence-electron chi connectivity index (χ2n) is 4.77. The van der Waals surface area contributed by atoms with Crippen molar-refractivity contribution in [3.8, 4) is 5.75 Å². The first-order valence-electron chi connectivity index (χ1n) is 6.33. The van der Waals surface area contributed by atoms with Crippen molar-refractivity contribution in [3.05, 3.63) is 63.6 Å². The Hall–Kier alpha value is -1.26. The van der Waals surface area contributed by atoms with Crippen molar-refractivity contribution in [2.24, 2.45) is 5.84 Å². The third-order valence-corrected chi connectivity index (χ3v) is 4.36. The Morgan fingerprint density at radius 1 is 1.15 bits per heavy atom. The number of halogens is 2. The molecule has 104 valence electrons. The first-order valence-corrected chi connectivity index (χ1v) is 7.09. The molecule has 0 aliphatic carbocycles. The summed E-state index contributed by atoms with van der Waals surface area (Å²) < 4.78 is 5.71. The third kappa shape index (κ3) is 2.38. The summed E-state index contributed by atoms with van der Waals surface area (Å²) in [5, 5.41) is 1.06. The lowest BCUT2D eigenvalue weighted by Gasteiger charge is -2.22. The van der Waals surface area contributed by atoms with E-state index in [1.807, 2.05) is 30.3 Å². The molecule has 0 bridgehead atoms. The standard InChI is InChI=1S/C15H14Cl2N2O/c16-12-6-5-9(7-13(12)17)15(19-18)11-8-20-14-4-2-1-3-10(11)14/h1-7,11,15,19H,8,18H2. The zero-order chi connectivity index (χ0) is 14.1. The van der Waals surface area contributed by atoms with Crippen LogP contribution in [0, 0.1) is 0 Å². The zero-order valence-electron chi connectivity index (χ0n) is 10.6. The maximum Gasteiger partial charge on any atom is 0.122 e. The molecule has 0 saturated carbocycles. The van der Waals surface area contributed by atoms with Crippen molar-refractivity contribution in [1.82, 2.24) is 5.43 Å². The average molecular weight is 309 g/mol. The first-order chi connectivity index (χ1) is 9.70. The van der Waals surface area contributed by atoms with E-state index >= 15 is 0 Å². The molecule has 2 aromatic carbocycles. The largest absolute Gasteiger partial charge is 0.493 e. The van der Waals surface area contributed by atoms with Gasteiger partial charge < -0.3 is 4.74 Å². The third-order valence-electron chi connectivity index (χ3n) is 3.62. The van der Waals surface area contributed by atoms with Gasteiger partial charge in [-0.1, -0.05) is 47.5 Å². The number of nitrogens with one attached hydrogen (secondary N) is 1. The zero-order valence-corrected chi connectivity index (χ0v) is 12.2. The van der Waals surface area contributed by atoms with E-state index in [0.717, 1.165) is 16.9 Å². The Morgan fingerprint density at radius 2 is 1.95 bits per heavy atom. The van der Waals surface area contributed by atoms with E-state index in [1.165, 1.54) is 0 Å². The number of hydrogen-bond acceptors (Lipinski definition) is 3. The maximum absolute atomic E-state index is 6.09. The highest BCUT2D eigenvalue weighted by atomic mass is 35.5. The molecule has 0 radical (unpaired) electrons. The Balaban J connectivity index is 1.97. The van der Waals surface area contributed by atoms with Gasteiger partial charge in [0.2, 0.25) is 0 Å². The molecule has 20 heavy (non-hydrogen) atoms. The fourth-order valence-electron chi connectivity index (χ4n) is 2.61. The number of fused-ring (bicyclic) bond motifs is 1. The van der Waals surface area contributed by atoms with Crippen molar-refractivity contribution in [2.75, 3.05) is 6.61 Å². The minimum Gasteiger partial charge on any atom is -0.493 e. The number of rotatable bonds is 3. The molecule has 2 atom stereocenters. The highest BCUT2D eigenvalue weighted by Crippen LogP contribution is 2.41. The number of para-hydroxylation sites is 1. The van der Waals surface area contributed by atoms with Gasteiger partial charge in [-0.3, -0.25) is 11.3 Å². The predicted octanol–water partition coefficient (Wildman–Crippen LogP) is 3.67. The minimum absolute atomic E-state index is 0.0755. The molecule has 0 saturated heterocycles. The van der Waals surface area contributed by atoms with Gasteiger partial charge in [0.25, 0.3) is 0 Å². The fourth-order valence-corrected chi connectivity index (χ4v) is 2.92. The fraction of sp³-hybridized carbons (Fsp3) is 0.200. The predicted molar refractivity (Wildman–Crippen MR) is 81.2 cm³/mol. The van der Waals surface area contributed by atoms with E-state index < -0.39 is 0 Å². The summed E-state index contributed by atoms with van der Waals surface area (Å²) in [5.41, 5.74) is 5.01. The van der Waals surface area contributed by atoms with Gasteiger partial charge in [-0.2, -0.15) is 0 Å². The highest BCUT2D eigenvalue weighted by molar-refractivity contribution is 6.42. The van der Waals surface area contributed by atoms with E-state index in [1.54, 1.807) is 6.07 Å². The summed E-state index contributed by atoms with van der Waals surface area (Å²) in [5.74, 6) is 6.81. The maximum atomic E-state index is 6.09. The summed E-state index contributed by atoms with van der Waals surface area (Å²) in [6, 6.07) is 13.5. The van der Waals surface area contributed by atoms with Gasteiger partial charge in [-0.05, 0) is 23.8 Å². The summed E-state index contributed by atoms with van der Waals surface area (Å²) in [7, 11) is 0. The van der Waals surface area contributed by atoms with Crippen molar-refractivity contribution in [1.29, 1.82) is 0 Å². The second-order valence-corrected chi connectivity index (χ2v) is 5.59.